The van der Waals surface area contributed by atoms with Crippen LogP contribution >= 0.6 is 0 Å². The zero-order valence-electron chi connectivity index (χ0n) is 11.8. The molecule has 0 fully saturated rings. The maximum Gasteiger partial charge on any atom is 0.202 e. The topological polar surface area (TPSA) is 56.5 Å². The van der Waals surface area contributed by atoms with Crippen molar-refractivity contribution in [3.63, 3.8) is 0 Å². The number of aryl methyl sites for hydroxylation is 2. The third-order valence-corrected chi connectivity index (χ3v) is 3.24. The van der Waals surface area contributed by atoms with Crippen LogP contribution in [0.2, 0.25) is 0 Å². The van der Waals surface area contributed by atoms with Crippen LogP contribution in [0.4, 0.5) is 0 Å². The Balaban J connectivity index is 2.57. The molecule has 5 nitrogen and oxygen atoms in total. The summed E-state index contributed by atoms with van der Waals surface area (Å²) >= 11 is 0. The quantitative estimate of drug-likeness (QED) is 0.816. The number of hydrogen-bond donors (Lipinski definition) is 0. The Labute approximate surface area is 107 Å². The molecule has 2 rings (SSSR count). The Morgan fingerprint density at radius 3 is 2.11 bits per heavy atom. The standard InChI is InChI=1S/C13H19N5/c1-7(2)18-11(6)8(3)12(17-18)13-14-9(4)10(5)15-16-13/h7H,1-6H3. The van der Waals surface area contributed by atoms with Gasteiger partial charge in [0.1, 0.15) is 5.69 Å². The second-order valence-corrected chi connectivity index (χ2v) is 4.90. The molecule has 0 amide bonds. The van der Waals surface area contributed by atoms with Crippen molar-refractivity contribution in [1.82, 2.24) is 25.0 Å². The molecular formula is C13H19N5. The Kier molecular flexibility index (Phi) is 3.15. The van der Waals surface area contributed by atoms with Gasteiger partial charge < -0.3 is 0 Å². The molecule has 0 aromatic carbocycles. The molecule has 0 radical (unpaired) electrons. The Hall–Kier alpha value is -1.78. The maximum atomic E-state index is 4.60. The third-order valence-electron chi connectivity index (χ3n) is 3.24. The lowest BCUT2D eigenvalue weighted by Crippen LogP contribution is -2.05. The first kappa shape index (κ1) is 12.7. The molecule has 0 bridgehead atoms. The zero-order chi connectivity index (χ0) is 13.4. The zero-order valence-corrected chi connectivity index (χ0v) is 11.8. The van der Waals surface area contributed by atoms with Crippen molar-refractivity contribution in [2.24, 2.45) is 0 Å². The monoisotopic (exact) mass is 245 g/mol. The van der Waals surface area contributed by atoms with Crippen molar-refractivity contribution in [3.05, 3.63) is 22.6 Å². The van der Waals surface area contributed by atoms with Gasteiger partial charge in [-0.15, -0.1) is 5.10 Å². The van der Waals surface area contributed by atoms with Crippen LogP contribution in [0.15, 0.2) is 0 Å². The molecule has 5 heteroatoms. The lowest BCUT2D eigenvalue weighted by atomic mass is 10.2. The number of hydrogen-bond acceptors (Lipinski definition) is 4. The molecule has 0 saturated heterocycles. The summed E-state index contributed by atoms with van der Waals surface area (Å²) < 4.78 is 2.00. The van der Waals surface area contributed by atoms with Crippen LogP contribution < -0.4 is 0 Å². The molecule has 0 N–H and O–H groups in total. The molecule has 2 aromatic rings. The van der Waals surface area contributed by atoms with E-state index in [0.717, 1.165) is 28.3 Å². The number of aromatic nitrogens is 5. The van der Waals surface area contributed by atoms with Gasteiger partial charge in [-0.2, -0.15) is 10.2 Å². The normalized spacial score (nSPS) is 11.3. The van der Waals surface area contributed by atoms with E-state index in [0.29, 0.717) is 11.9 Å². The highest BCUT2D eigenvalue weighted by atomic mass is 15.3. The lowest BCUT2D eigenvalue weighted by molar-refractivity contribution is 0.519. The van der Waals surface area contributed by atoms with Crippen molar-refractivity contribution in [2.75, 3.05) is 0 Å². The smallest absolute Gasteiger partial charge is 0.202 e. The Morgan fingerprint density at radius 2 is 1.61 bits per heavy atom. The molecule has 0 spiro atoms. The predicted molar refractivity (Wildman–Crippen MR) is 70.4 cm³/mol. The number of nitrogens with zero attached hydrogens (tertiary/aromatic N) is 5. The molecular weight excluding hydrogens is 226 g/mol. The summed E-state index contributed by atoms with van der Waals surface area (Å²) in [5, 5.41) is 12.9. The average molecular weight is 245 g/mol. The van der Waals surface area contributed by atoms with Crippen LogP contribution in [0.5, 0.6) is 0 Å². The van der Waals surface area contributed by atoms with Gasteiger partial charge in [0.15, 0.2) is 0 Å². The molecule has 0 saturated carbocycles. The van der Waals surface area contributed by atoms with Gasteiger partial charge in [0.2, 0.25) is 5.82 Å². The lowest BCUT2D eigenvalue weighted by Gasteiger charge is -2.07. The Morgan fingerprint density at radius 1 is 0.944 bits per heavy atom. The fraction of sp³-hybridized carbons (Fsp3) is 0.538. The fourth-order valence-electron chi connectivity index (χ4n) is 1.87. The summed E-state index contributed by atoms with van der Waals surface area (Å²) in [5.74, 6) is 0.609. The second kappa shape index (κ2) is 4.48. The molecule has 0 aliphatic carbocycles. The first-order chi connectivity index (χ1) is 8.41. The van der Waals surface area contributed by atoms with Gasteiger partial charge >= 0.3 is 0 Å². The molecule has 18 heavy (non-hydrogen) atoms. The van der Waals surface area contributed by atoms with Crippen LogP contribution in [-0.2, 0) is 0 Å². The van der Waals surface area contributed by atoms with Crippen molar-refractivity contribution < 1.29 is 0 Å². The molecule has 0 aliphatic rings. The summed E-state index contributed by atoms with van der Waals surface area (Å²) in [6, 6.07) is 0.331. The van der Waals surface area contributed by atoms with Crippen LogP contribution in [0, 0.1) is 27.7 Å². The molecule has 2 heterocycles. The van der Waals surface area contributed by atoms with Crippen molar-refractivity contribution in [3.8, 4) is 11.5 Å². The summed E-state index contributed by atoms with van der Waals surface area (Å²) in [7, 11) is 0. The van der Waals surface area contributed by atoms with Gasteiger partial charge in [0.25, 0.3) is 0 Å². The average Bonchev–Trinajstić information content (AvgIpc) is 2.60. The highest BCUT2D eigenvalue weighted by Gasteiger charge is 2.17. The van der Waals surface area contributed by atoms with Crippen LogP contribution in [0.3, 0.4) is 0 Å². The molecule has 0 atom stereocenters. The fourth-order valence-corrected chi connectivity index (χ4v) is 1.87. The van der Waals surface area contributed by atoms with Gasteiger partial charge in [-0.1, -0.05) is 0 Å². The van der Waals surface area contributed by atoms with Gasteiger partial charge in [-0.3, -0.25) is 4.68 Å². The minimum atomic E-state index is 0.331. The van der Waals surface area contributed by atoms with Gasteiger partial charge in [0, 0.05) is 17.3 Å². The van der Waals surface area contributed by atoms with Crippen molar-refractivity contribution in [1.29, 1.82) is 0 Å². The van der Waals surface area contributed by atoms with E-state index in [9.17, 15) is 0 Å². The SMILES string of the molecule is Cc1nnc(-c2nn(C(C)C)c(C)c2C)nc1C. The van der Waals surface area contributed by atoms with E-state index < -0.39 is 0 Å². The second-order valence-electron chi connectivity index (χ2n) is 4.90. The van der Waals surface area contributed by atoms with Gasteiger partial charge in [-0.25, -0.2) is 4.98 Å². The molecule has 96 valence electrons. The first-order valence-electron chi connectivity index (χ1n) is 6.15. The predicted octanol–water partition coefficient (Wildman–Crippen LogP) is 2.55. The summed E-state index contributed by atoms with van der Waals surface area (Å²) in [6.07, 6.45) is 0. The minimum Gasteiger partial charge on any atom is -0.266 e. The first-order valence-corrected chi connectivity index (χ1v) is 6.15. The minimum absolute atomic E-state index is 0.331. The van der Waals surface area contributed by atoms with Gasteiger partial charge in [-0.05, 0) is 41.5 Å². The third kappa shape index (κ3) is 2.00. The van der Waals surface area contributed by atoms with E-state index in [-0.39, 0.29) is 0 Å². The maximum absolute atomic E-state index is 4.60. The van der Waals surface area contributed by atoms with E-state index in [2.05, 4.69) is 48.0 Å². The van der Waals surface area contributed by atoms with Crippen LogP contribution in [0.25, 0.3) is 11.5 Å². The van der Waals surface area contributed by atoms with E-state index >= 15 is 0 Å². The largest absolute Gasteiger partial charge is 0.266 e. The molecule has 0 aliphatic heterocycles. The van der Waals surface area contributed by atoms with E-state index in [1.807, 2.05) is 18.5 Å². The van der Waals surface area contributed by atoms with Crippen molar-refractivity contribution in [2.45, 2.75) is 47.6 Å². The highest BCUT2D eigenvalue weighted by molar-refractivity contribution is 5.55. The molecule has 2 aromatic heterocycles. The summed E-state index contributed by atoms with van der Waals surface area (Å²) in [4.78, 5) is 4.47. The molecule has 0 unspecified atom stereocenters. The van der Waals surface area contributed by atoms with Crippen LogP contribution in [-0.4, -0.2) is 25.0 Å². The summed E-state index contributed by atoms with van der Waals surface area (Å²) in [5.41, 5.74) is 4.86. The van der Waals surface area contributed by atoms with Gasteiger partial charge in [0.05, 0.1) is 11.4 Å². The van der Waals surface area contributed by atoms with Crippen LogP contribution in [0.1, 0.15) is 42.5 Å². The van der Waals surface area contributed by atoms with Crippen molar-refractivity contribution >= 4 is 0 Å². The van der Waals surface area contributed by atoms with E-state index in [1.54, 1.807) is 0 Å². The Bertz CT molecular complexity index is 583. The van der Waals surface area contributed by atoms with E-state index in [4.69, 9.17) is 0 Å². The summed E-state index contributed by atoms with van der Waals surface area (Å²) in [6.45, 7) is 12.2. The van der Waals surface area contributed by atoms with E-state index in [1.165, 1.54) is 0 Å². The highest BCUT2D eigenvalue weighted by Crippen LogP contribution is 2.23. The number of rotatable bonds is 2.